The van der Waals surface area contributed by atoms with Crippen LogP contribution in [0.3, 0.4) is 0 Å². The summed E-state index contributed by atoms with van der Waals surface area (Å²) in [5.41, 5.74) is 11.4. The summed E-state index contributed by atoms with van der Waals surface area (Å²) in [6.45, 7) is 4.83. The minimum Gasteiger partial charge on any atom is -0.382 e. The molecule has 2 rings (SSSR count). The van der Waals surface area contributed by atoms with E-state index in [2.05, 4.69) is 15.8 Å². The summed E-state index contributed by atoms with van der Waals surface area (Å²) in [6.07, 6.45) is 0. The molecule has 0 saturated heterocycles. The normalized spacial score (nSPS) is 10.4. The van der Waals surface area contributed by atoms with Crippen LogP contribution in [-0.2, 0) is 18.9 Å². The zero-order valence-corrected chi connectivity index (χ0v) is 18.8. The van der Waals surface area contributed by atoms with E-state index in [1.807, 2.05) is 24.3 Å². The summed E-state index contributed by atoms with van der Waals surface area (Å²) in [5, 5.41) is 8.98. The summed E-state index contributed by atoms with van der Waals surface area (Å²) < 4.78 is 21.3. The van der Waals surface area contributed by atoms with Gasteiger partial charge in [0.15, 0.2) is 0 Å². The molecule has 0 saturated carbocycles. The number of nitrogens with one attached hydrogen (secondary N) is 1. The van der Waals surface area contributed by atoms with Crippen LogP contribution in [0.2, 0.25) is 0 Å². The first-order valence-electron chi connectivity index (χ1n) is 10.5. The van der Waals surface area contributed by atoms with Crippen LogP contribution in [0.1, 0.15) is 16.7 Å². The lowest BCUT2D eigenvalue weighted by Crippen LogP contribution is -2.31. The van der Waals surface area contributed by atoms with Gasteiger partial charge in [-0.15, -0.1) is 0 Å². The molecule has 0 spiro atoms. The highest BCUT2D eigenvalue weighted by molar-refractivity contribution is 6.09. The van der Waals surface area contributed by atoms with E-state index in [1.54, 1.807) is 38.5 Å². The van der Waals surface area contributed by atoms with E-state index >= 15 is 0 Å². The third-order valence-electron chi connectivity index (χ3n) is 4.78. The predicted molar refractivity (Wildman–Crippen MR) is 121 cm³/mol. The van der Waals surface area contributed by atoms with Crippen LogP contribution < -0.4 is 4.90 Å². The van der Waals surface area contributed by atoms with Crippen LogP contribution in [0.25, 0.3) is 0 Å². The van der Waals surface area contributed by atoms with Gasteiger partial charge in [-0.25, -0.2) is 0 Å². The lowest BCUT2D eigenvalue weighted by molar-refractivity contribution is -0.117. The molecule has 0 fully saturated rings. The molecule has 0 unspecified atom stereocenters. The summed E-state index contributed by atoms with van der Waals surface area (Å²) in [7, 11) is 3.31. The molecule has 170 valence electrons. The van der Waals surface area contributed by atoms with Crippen molar-refractivity contribution in [1.29, 1.82) is 10.8 Å². The molecule has 0 radical (unpaired) electrons. The van der Waals surface area contributed by atoms with Gasteiger partial charge in [0.05, 0.1) is 72.7 Å². The van der Waals surface area contributed by atoms with E-state index in [-0.39, 0.29) is 0 Å². The molecule has 0 aliphatic carbocycles. The number of nitrogens with zero attached hydrogens (tertiary/aromatic N) is 3. The molecule has 2 aromatic carbocycles. The van der Waals surface area contributed by atoms with Crippen molar-refractivity contribution in [3.8, 4) is 6.07 Å². The second kappa shape index (κ2) is 14.9. The van der Waals surface area contributed by atoms with E-state index in [9.17, 15) is 0 Å². The van der Waals surface area contributed by atoms with Gasteiger partial charge >= 0.3 is 5.71 Å². The lowest BCUT2D eigenvalue weighted by Gasteiger charge is -2.25. The summed E-state index contributed by atoms with van der Waals surface area (Å²) in [5.74, 6) is 0. The average Bonchev–Trinajstić information content (AvgIpc) is 2.84. The molecular weight excluding hydrogens is 408 g/mol. The molecule has 1 N–H and O–H groups in total. The molecule has 0 aliphatic rings. The maximum Gasteiger partial charge on any atom is 0.379 e. The first-order chi connectivity index (χ1) is 15.7. The number of methoxy groups -OCH3 is 2. The molecule has 0 bridgehead atoms. The monoisotopic (exact) mass is 439 g/mol. The second-order valence-corrected chi connectivity index (χ2v) is 6.89. The Morgan fingerprint density at radius 3 is 1.75 bits per heavy atom. The Labute approximate surface area is 189 Å². The lowest BCUT2D eigenvalue weighted by atomic mass is 10.0. The van der Waals surface area contributed by atoms with Gasteiger partial charge in [0.25, 0.3) is 0 Å². The quantitative estimate of drug-likeness (QED) is 0.198. The van der Waals surface area contributed by atoms with E-state index in [4.69, 9.17) is 29.7 Å². The van der Waals surface area contributed by atoms with Crippen molar-refractivity contribution in [2.24, 2.45) is 0 Å². The van der Waals surface area contributed by atoms with Crippen molar-refractivity contribution in [2.75, 3.05) is 71.9 Å². The van der Waals surface area contributed by atoms with Gasteiger partial charge in [-0.05, 0) is 48.5 Å². The summed E-state index contributed by atoms with van der Waals surface area (Å²) in [4.78, 5) is 5.92. The molecule has 0 heterocycles. The number of benzene rings is 2. The van der Waals surface area contributed by atoms with Crippen LogP contribution >= 0.6 is 0 Å². The summed E-state index contributed by atoms with van der Waals surface area (Å²) >= 11 is 0. The highest BCUT2D eigenvalue weighted by Gasteiger charge is 2.18. The fraction of sp³-hybridized carbons (Fsp3) is 0.417. The third kappa shape index (κ3) is 8.23. The molecule has 8 nitrogen and oxygen atoms in total. The molecule has 0 aromatic heterocycles. The van der Waals surface area contributed by atoms with Crippen molar-refractivity contribution in [2.45, 2.75) is 0 Å². The Morgan fingerprint density at radius 1 is 0.812 bits per heavy atom. The maximum atomic E-state index is 8.98. The molecule has 8 heteroatoms. The van der Waals surface area contributed by atoms with Gasteiger partial charge in [0.1, 0.15) is 0 Å². The van der Waals surface area contributed by atoms with Crippen LogP contribution in [0, 0.1) is 16.9 Å². The van der Waals surface area contributed by atoms with Crippen molar-refractivity contribution >= 4 is 11.4 Å². The van der Waals surface area contributed by atoms with Crippen molar-refractivity contribution in [1.82, 2.24) is 0 Å². The minimum atomic E-state index is 0.554. The number of anilines is 1. The Morgan fingerprint density at radius 2 is 1.31 bits per heavy atom. The van der Waals surface area contributed by atoms with E-state index in [0.29, 0.717) is 64.0 Å². The highest BCUT2D eigenvalue weighted by Crippen LogP contribution is 2.18. The first kappa shape index (κ1) is 25.2. The zero-order valence-electron chi connectivity index (χ0n) is 18.8. The Bertz CT molecular complexity index is 874. The number of hydrogen-bond donors (Lipinski definition) is 1. The van der Waals surface area contributed by atoms with Gasteiger partial charge in [-0.3, -0.25) is 0 Å². The van der Waals surface area contributed by atoms with Gasteiger partial charge < -0.3 is 23.8 Å². The number of rotatable bonds is 15. The van der Waals surface area contributed by atoms with Gasteiger partial charge in [0, 0.05) is 33.0 Å². The fourth-order valence-electron chi connectivity index (χ4n) is 3.04. The highest BCUT2D eigenvalue weighted by atomic mass is 16.5. The molecule has 0 aliphatic heterocycles. The molecule has 0 atom stereocenters. The molecule has 32 heavy (non-hydrogen) atoms. The molecule has 2 aromatic rings. The van der Waals surface area contributed by atoms with Crippen LogP contribution in [0.5, 0.6) is 0 Å². The van der Waals surface area contributed by atoms with E-state index in [0.717, 1.165) is 16.8 Å². The van der Waals surface area contributed by atoms with Crippen molar-refractivity contribution in [3.63, 3.8) is 0 Å². The fourth-order valence-corrected chi connectivity index (χ4v) is 3.04. The van der Waals surface area contributed by atoms with E-state index in [1.165, 1.54) is 0 Å². The van der Waals surface area contributed by atoms with Crippen molar-refractivity contribution in [3.05, 3.63) is 65.2 Å². The Kier molecular flexibility index (Phi) is 11.7. The molecular formula is C24H31N4O4+. The minimum absolute atomic E-state index is 0.554. The van der Waals surface area contributed by atoms with Gasteiger partial charge in [-0.1, -0.05) is 0 Å². The number of hydrogen-bond acceptors (Lipinski definition) is 7. The molecule has 0 amide bonds. The maximum absolute atomic E-state index is 8.98. The second-order valence-electron chi connectivity index (χ2n) is 6.89. The van der Waals surface area contributed by atoms with Gasteiger partial charge in [-0.2, -0.15) is 5.26 Å². The summed E-state index contributed by atoms with van der Waals surface area (Å²) in [6, 6.07) is 17.1. The number of nitriles is 1. The Balaban J connectivity index is 2.07. The topological polar surface area (TPSA) is 102 Å². The van der Waals surface area contributed by atoms with Crippen LogP contribution in [-0.4, -0.2) is 77.5 Å². The third-order valence-corrected chi connectivity index (χ3v) is 4.78. The SMILES string of the molecule is COCCOCCN(CCOCCOC)c1ccc(C(=[N+]=N)c2ccc(C#N)cc2)cc1. The predicted octanol–water partition coefficient (Wildman–Crippen LogP) is 2.77. The smallest absolute Gasteiger partial charge is 0.379 e. The Hall–Kier alpha value is -3.05. The van der Waals surface area contributed by atoms with Crippen LogP contribution in [0.15, 0.2) is 48.5 Å². The standard InChI is InChI=1S/C24H31N4O4/c1-29-15-17-31-13-11-28(12-14-32-18-16-30-2)23-9-7-22(8-10-23)24(27-26)21-5-3-20(19-25)4-6-21/h3-10,26H,11-18H2,1-2H3/q+1. The van der Waals surface area contributed by atoms with Crippen molar-refractivity contribution < 1.29 is 23.7 Å². The first-order valence-corrected chi connectivity index (χ1v) is 10.5. The average molecular weight is 440 g/mol. The van der Waals surface area contributed by atoms with E-state index < -0.39 is 0 Å². The van der Waals surface area contributed by atoms with Crippen LogP contribution in [0.4, 0.5) is 5.69 Å². The number of ether oxygens (including phenoxy) is 4. The largest absolute Gasteiger partial charge is 0.382 e. The van der Waals surface area contributed by atoms with Gasteiger partial charge in [0.2, 0.25) is 0 Å². The zero-order chi connectivity index (χ0) is 23.0.